The Morgan fingerprint density at radius 1 is 1.25 bits per heavy atom. The van der Waals surface area contributed by atoms with Gasteiger partial charge in [0.15, 0.2) is 0 Å². The van der Waals surface area contributed by atoms with Crippen LogP contribution in [0.15, 0.2) is 0 Å². The molecule has 0 aromatic carbocycles. The first-order valence-corrected chi connectivity index (χ1v) is 8.17. The molecule has 1 spiro atoms. The molecule has 1 amide bonds. The molecule has 4 heteroatoms. The lowest BCUT2D eigenvalue weighted by molar-refractivity contribution is -0.124. The average Bonchev–Trinajstić information content (AvgIpc) is 2.95. The van der Waals surface area contributed by atoms with E-state index in [-0.39, 0.29) is 11.3 Å². The quantitative estimate of drug-likeness (QED) is 0.806. The fourth-order valence-electron chi connectivity index (χ4n) is 4.40. The Kier molecular flexibility index (Phi) is 4.04. The molecule has 114 valence electrons. The Hall–Kier alpha value is -0.610. The Bertz CT molecular complexity index is 357. The van der Waals surface area contributed by atoms with Crippen molar-refractivity contribution in [2.75, 3.05) is 33.4 Å². The first kappa shape index (κ1) is 14.3. The predicted molar refractivity (Wildman–Crippen MR) is 78.4 cm³/mol. The number of rotatable bonds is 5. The normalized spacial score (nSPS) is 30.4. The summed E-state index contributed by atoms with van der Waals surface area (Å²) >= 11 is 0. The van der Waals surface area contributed by atoms with Gasteiger partial charge in [-0.1, -0.05) is 12.8 Å². The fourth-order valence-corrected chi connectivity index (χ4v) is 4.40. The SMILES string of the molecule is COCC1(CNC(=O)[C@H]2CC23CCNCC3)CCCC1. The van der Waals surface area contributed by atoms with Gasteiger partial charge in [-0.2, -0.15) is 0 Å². The maximum absolute atomic E-state index is 12.4. The van der Waals surface area contributed by atoms with Gasteiger partial charge >= 0.3 is 0 Å². The monoisotopic (exact) mass is 280 g/mol. The van der Waals surface area contributed by atoms with Crippen LogP contribution in [0.25, 0.3) is 0 Å². The number of carbonyl (C=O) groups is 1. The molecule has 0 bridgehead atoms. The topological polar surface area (TPSA) is 50.4 Å². The maximum Gasteiger partial charge on any atom is 0.223 e. The number of ether oxygens (including phenoxy) is 1. The van der Waals surface area contributed by atoms with Crippen molar-refractivity contribution in [2.24, 2.45) is 16.7 Å². The van der Waals surface area contributed by atoms with Crippen molar-refractivity contribution >= 4 is 5.91 Å². The van der Waals surface area contributed by atoms with E-state index in [1.807, 2.05) is 0 Å². The van der Waals surface area contributed by atoms with E-state index in [1.165, 1.54) is 38.5 Å². The lowest BCUT2D eigenvalue weighted by Crippen LogP contribution is -2.40. The molecule has 3 rings (SSSR count). The summed E-state index contributed by atoms with van der Waals surface area (Å²) in [5.41, 5.74) is 0.556. The van der Waals surface area contributed by atoms with Gasteiger partial charge in [0.2, 0.25) is 5.91 Å². The third kappa shape index (κ3) is 2.73. The summed E-state index contributed by atoms with van der Waals surface area (Å²) in [6.07, 6.45) is 8.40. The van der Waals surface area contributed by atoms with Gasteiger partial charge in [0.25, 0.3) is 0 Å². The molecule has 2 aliphatic carbocycles. The highest BCUT2D eigenvalue weighted by molar-refractivity contribution is 5.82. The number of hydrogen-bond donors (Lipinski definition) is 2. The van der Waals surface area contributed by atoms with Gasteiger partial charge < -0.3 is 15.4 Å². The second-order valence-corrected chi connectivity index (χ2v) is 7.23. The Morgan fingerprint density at radius 2 is 1.95 bits per heavy atom. The van der Waals surface area contributed by atoms with Crippen molar-refractivity contribution in [1.82, 2.24) is 10.6 Å². The first-order valence-electron chi connectivity index (χ1n) is 8.17. The van der Waals surface area contributed by atoms with E-state index in [9.17, 15) is 4.79 Å². The Morgan fingerprint density at radius 3 is 2.60 bits per heavy atom. The van der Waals surface area contributed by atoms with Crippen LogP contribution in [-0.4, -0.2) is 39.3 Å². The third-order valence-corrected chi connectivity index (χ3v) is 5.86. The number of nitrogens with one attached hydrogen (secondary N) is 2. The standard InChI is InChI=1S/C16H28N2O2/c1-20-12-15(4-2-3-5-15)11-18-14(19)13-10-16(13)6-8-17-9-7-16/h13,17H,2-12H2,1H3,(H,18,19)/t13-/m1/s1. The molecule has 20 heavy (non-hydrogen) atoms. The molecule has 2 N–H and O–H groups in total. The molecular formula is C16H28N2O2. The van der Waals surface area contributed by atoms with Crippen LogP contribution in [0, 0.1) is 16.7 Å². The van der Waals surface area contributed by atoms with Crippen molar-refractivity contribution < 1.29 is 9.53 Å². The second-order valence-electron chi connectivity index (χ2n) is 7.23. The van der Waals surface area contributed by atoms with Crippen LogP contribution >= 0.6 is 0 Å². The molecule has 0 unspecified atom stereocenters. The first-order chi connectivity index (χ1) is 9.70. The van der Waals surface area contributed by atoms with Crippen molar-refractivity contribution in [1.29, 1.82) is 0 Å². The zero-order valence-corrected chi connectivity index (χ0v) is 12.7. The zero-order valence-electron chi connectivity index (χ0n) is 12.7. The molecule has 3 aliphatic rings. The molecule has 1 heterocycles. The summed E-state index contributed by atoms with van der Waals surface area (Å²) in [5.74, 6) is 0.583. The van der Waals surface area contributed by atoms with Gasteiger partial charge in [-0.05, 0) is 50.6 Å². The van der Waals surface area contributed by atoms with Crippen LogP contribution in [0.3, 0.4) is 0 Å². The van der Waals surface area contributed by atoms with Gasteiger partial charge in [0, 0.05) is 25.0 Å². The van der Waals surface area contributed by atoms with Crippen LogP contribution in [0.2, 0.25) is 0 Å². The number of methoxy groups -OCH3 is 1. The molecule has 1 saturated heterocycles. The molecule has 0 aromatic rings. The number of piperidine rings is 1. The molecule has 0 aromatic heterocycles. The van der Waals surface area contributed by atoms with Crippen LogP contribution in [0.5, 0.6) is 0 Å². The van der Waals surface area contributed by atoms with E-state index < -0.39 is 0 Å². The zero-order chi connectivity index (χ0) is 14.1. The second kappa shape index (κ2) is 5.64. The van der Waals surface area contributed by atoms with E-state index in [0.717, 1.165) is 32.7 Å². The number of hydrogen-bond acceptors (Lipinski definition) is 3. The minimum absolute atomic E-state index is 0.209. The minimum atomic E-state index is 0.209. The molecule has 4 nitrogen and oxygen atoms in total. The van der Waals surface area contributed by atoms with Gasteiger partial charge in [0.05, 0.1) is 6.61 Å². The van der Waals surface area contributed by atoms with Gasteiger partial charge in [-0.3, -0.25) is 4.79 Å². The summed E-state index contributed by atoms with van der Waals surface area (Å²) in [6.45, 7) is 3.76. The van der Waals surface area contributed by atoms with Gasteiger partial charge in [-0.25, -0.2) is 0 Å². The minimum Gasteiger partial charge on any atom is -0.384 e. The van der Waals surface area contributed by atoms with Crippen molar-refractivity contribution in [3.8, 4) is 0 Å². The van der Waals surface area contributed by atoms with E-state index in [1.54, 1.807) is 7.11 Å². The smallest absolute Gasteiger partial charge is 0.223 e. The molecule has 0 radical (unpaired) electrons. The van der Waals surface area contributed by atoms with E-state index >= 15 is 0 Å². The van der Waals surface area contributed by atoms with Crippen molar-refractivity contribution in [3.63, 3.8) is 0 Å². The summed E-state index contributed by atoms with van der Waals surface area (Å²) in [6, 6.07) is 0. The predicted octanol–water partition coefficient (Wildman–Crippen LogP) is 1.70. The van der Waals surface area contributed by atoms with Crippen LogP contribution in [-0.2, 0) is 9.53 Å². The lowest BCUT2D eigenvalue weighted by Gasteiger charge is -2.29. The van der Waals surface area contributed by atoms with Crippen molar-refractivity contribution in [2.45, 2.75) is 44.9 Å². The number of carbonyl (C=O) groups excluding carboxylic acids is 1. The van der Waals surface area contributed by atoms with Crippen molar-refractivity contribution in [3.05, 3.63) is 0 Å². The summed E-state index contributed by atoms with van der Waals surface area (Å²) < 4.78 is 5.39. The van der Waals surface area contributed by atoms with E-state index in [0.29, 0.717) is 11.3 Å². The highest BCUT2D eigenvalue weighted by Gasteiger charge is 2.57. The summed E-state index contributed by atoms with van der Waals surface area (Å²) in [5, 5.41) is 6.64. The third-order valence-electron chi connectivity index (χ3n) is 5.86. The highest BCUT2D eigenvalue weighted by atomic mass is 16.5. The number of amides is 1. The van der Waals surface area contributed by atoms with E-state index in [4.69, 9.17) is 4.74 Å². The molecule has 3 fully saturated rings. The van der Waals surface area contributed by atoms with Crippen LogP contribution in [0.4, 0.5) is 0 Å². The van der Waals surface area contributed by atoms with Crippen LogP contribution in [0.1, 0.15) is 44.9 Å². The Labute approximate surface area is 122 Å². The van der Waals surface area contributed by atoms with Crippen LogP contribution < -0.4 is 10.6 Å². The van der Waals surface area contributed by atoms with Gasteiger partial charge in [-0.15, -0.1) is 0 Å². The lowest BCUT2D eigenvalue weighted by atomic mass is 9.87. The van der Waals surface area contributed by atoms with Gasteiger partial charge in [0.1, 0.15) is 0 Å². The largest absolute Gasteiger partial charge is 0.384 e. The maximum atomic E-state index is 12.4. The van der Waals surface area contributed by atoms with E-state index in [2.05, 4.69) is 10.6 Å². The molecule has 1 atom stereocenters. The highest BCUT2D eigenvalue weighted by Crippen LogP contribution is 2.58. The summed E-state index contributed by atoms with van der Waals surface area (Å²) in [7, 11) is 1.77. The summed E-state index contributed by atoms with van der Waals surface area (Å²) in [4.78, 5) is 12.4. The molecular weight excluding hydrogens is 252 g/mol. The fraction of sp³-hybridized carbons (Fsp3) is 0.938. The molecule has 2 saturated carbocycles. The molecule has 1 aliphatic heterocycles. The Balaban J connectivity index is 1.50. The average molecular weight is 280 g/mol.